The van der Waals surface area contributed by atoms with Crippen molar-refractivity contribution in [1.29, 1.82) is 0 Å². The van der Waals surface area contributed by atoms with Crippen molar-refractivity contribution in [1.82, 2.24) is 10.2 Å². The lowest BCUT2D eigenvalue weighted by Crippen LogP contribution is -2.50. The summed E-state index contributed by atoms with van der Waals surface area (Å²) in [6.07, 6.45) is 10.4. The van der Waals surface area contributed by atoms with Crippen LogP contribution < -0.4 is 15.4 Å². The topological polar surface area (TPSA) is 79.9 Å². The third kappa shape index (κ3) is 8.34. The van der Waals surface area contributed by atoms with E-state index in [1.54, 1.807) is 0 Å². The summed E-state index contributed by atoms with van der Waals surface area (Å²) in [5, 5.41) is 5.96. The Morgan fingerprint density at radius 2 is 1.73 bits per heavy atom. The Kier molecular flexibility index (Phi) is 11.5. The number of unbranched alkanes of at least 4 members (excludes halogenated alkanes) is 6. The molecular formula is C33H45N3O4. The van der Waals surface area contributed by atoms with Crippen molar-refractivity contribution in [3.63, 3.8) is 0 Å². The molecule has 0 aliphatic carbocycles. The van der Waals surface area contributed by atoms with Crippen LogP contribution in [-0.4, -0.2) is 49.1 Å². The number of carbonyl (C=O) groups is 2. The van der Waals surface area contributed by atoms with Gasteiger partial charge in [-0.25, -0.2) is 0 Å². The molecule has 2 N–H and O–H groups in total. The fourth-order valence-electron chi connectivity index (χ4n) is 5.49. The first kappa shape index (κ1) is 29.7. The van der Waals surface area contributed by atoms with E-state index in [-0.39, 0.29) is 17.9 Å². The zero-order chi connectivity index (χ0) is 28.2. The molecule has 1 atom stereocenters. The van der Waals surface area contributed by atoms with Gasteiger partial charge in [-0.3, -0.25) is 14.9 Å². The molecule has 0 saturated carbocycles. The highest BCUT2D eigenvalue weighted by Gasteiger charge is 2.36. The molecule has 2 amide bonds. The molecule has 1 fully saturated rings. The van der Waals surface area contributed by atoms with E-state index in [4.69, 9.17) is 9.47 Å². The summed E-state index contributed by atoms with van der Waals surface area (Å²) in [7, 11) is 0. The van der Waals surface area contributed by atoms with Gasteiger partial charge in [-0.05, 0) is 49.4 Å². The fraction of sp³-hybridized carbons (Fsp3) is 0.515. The number of nitrogens with one attached hydrogen (secondary N) is 2. The smallest absolute Gasteiger partial charge is 0.249 e. The molecule has 2 aromatic carbocycles. The molecule has 7 nitrogen and oxygen atoms in total. The number of carbonyl (C=O) groups excluding carboxylic acids is 2. The maximum absolute atomic E-state index is 12.4. The number of piperidine rings is 1. The first-order valence-electron chi connectivity index (χ1n) is 15.0. The summed E-state index contributed by atoms with van der Waals surface area (Å²) in [5.41, 5.74) is 5.43. The number of benzene rings is 2. The van der Waals surface area contributed by atoms with Gasteiger partial charge in [0, 0.05) is 48.6 Å². The minimum absolute atomic E-state index is 0.197. The molecule has 2 heterocycles. The molecular weight excluding hydrogens is 502 g/mol. The summed E-state index contributed by atoms with van der Waals surface area (Å²) in [4.78, 5) is 26.0. The van der Waals surface area contributed by atoms with Crippen molar-refractivity contribution in [3.05, 3.63) is 65.7 Å². The molecule has 0 spiro atoms. The monoisotopic (exact) mass is 547 g/mol. The van der Waals surface area contributed by atoms with Gasteiger partial charge in [0.25, 0.3) is 0 Å². The number of imide groups is 1. The highest BCUT2D eigenvalue weighted by Crippen LogP contribution is 2.38. The van der Waals surface area contributed by atoms with Crippen LogP contribution in [0.4, 0.5) is 5.69 Å². The second-order valence-electron chi connectivity index (χ2n) is 10.7. The Labute approximate surface area is 239 Å². The summed E-state index contributed by atoms with van der Waals surface area (Å²) in [6, 6.07) is 14.2. The van der Waals surface area contributed by atoms with E-state index in [9.17, 15) is 9.59 Å². The third-order valence-electron chi connectivity index (χ3n) is 7.82. The number of hydrogen-bond acceptors (Lipinski definition) is 6. The van der Waals surface area contributed by atoms with E-state index in [0.29, 0.717) is 26.0 Å². The molecule has 1 saturated heterocycles. The van der Waals surface area contributed by atoms with Crippen LogP contribution in [0.25, 0.3) is 5.70 Å². The summed E-state index contributed by atoms with van der Waals surface area (Å²) < 4.78 is 11.7. The average molecular weight is 548 g/mol. The predicted molar refractivity (Wildman–Crippen MR) is 160 cm³/mol. The van der Waals surface area contributed by atoms with Gasteiger partial charge >= 0.3 is 0 Å². The lowest BCUT2D eigenvalue weighted by atomic mass is 10.0. The number of amides is 2. The first-order chi connectivity index (χ1) is 19.6. The largest absolute Gasteiger partial charge is 0.494 e. The maximum Gasteiger partial charge on any atom is 0.249 e. The van der Waals surface area contributed by atoms with Crippen molar-refractivity contribution in [2.24, 2.45) is 0 Å². The van der Waals surface area contributed by atoms with Gasteiger partial charge in [-0.2, -0.15) is 0 Å². The van der Waals surface area contributed by atoms with Crippen molar-refractivity contribution in [2.75, 3.05) is 31.7 Å². The van der Waals surface area contributed by atoms with Gasteiger partial charge in [0.05, 0.1) is 13.2 Å². The second kappa shape index (κ2) is 15.5. The van der Waals surface area contributed by atoms with Crippen molar-refractivity contribution < 1.29 is 19.1 Å². The fourth-order valence-corrected chi connectivity index (χ4v) is 5.49. The SMILES string of the molecule is C=C1c2cccc(NCCOCCCCCCCCCOc3cccc(CC)c3)c2CN1C1CCC(=O)NC1=O. The second-order valence-corrected chi connectivity index (χ2v) is 10.7. The quantitative estimate of drug-likeness (QED) is 0.185. The van der Waals surface area contributed by atoms with Crippen LogP contribution >= 0.6 is 0 Å². The van der Waals surface area contributed by atoms with Gasteiger partial charge in [-0.1, -0.05) is 69.9 Å². The van der Waals surface area contributed by atoms with E-state index < -0.39 is 0 Å². The number of hydrogen-bond donors (Lipinski definition) is 2. The number of fused-ring (bicyclic) bond motifs is 1. The van der Waals surface area contributed by atoms with Crippen molar-refractivity contribution >= 4 is 23.2 Å². The van der Waals surface area contributed by atoms with Gasteiger partial charge in [-0.15, -0.1) is 0 Å². The lowest BCUT2D eigenvalue weighted by Gasteiger charge is -2.31. The highest BCUT2D eigenvalue weighted by molar-refractivity contribution is 6.01. The zero-order valence-electron chi connectivity index (χ0n) is 24.0. The molecule has 0 aromatic heterocycles. The van der Waals surface area contributed by atoms with Gasteiger partial charge in [0.1, 0.15) is 11.8 Å². The Morgan fingerprint density at radius 3 is 2.50 bits per heavy atom. The molecule has 0 radical (unpaired) electrons. The Hall–Kier alpha value is -3.32. The summed E-state index contributed by atoms with van der Waals surface area (Å²) >= 11 is 0. The molecule has 0 bridgehead atoms. The van der Waals surface area contributed by atoms with E-state index in [1.807, 2.05) is 23.1 Å². The lowest BCUT2D eigenvalue weighted by molar-refractivity contribution is -0.136. The molecule has 4 rings (SSSR count). The molecule has 2 aliphatic rings. The Morgan fingerprint density at radius 1 is 0.975 bits per heavy atom. The van der Waals surface area contributed by atoms with Crippen molar-refractivity contribution in [3.8, 4) is 5.75 Å². The normalized spacial score (nSPS) is 16.7. The van der Waals surface area contributed by atoms with Crippen LogP contribution in [0.15, 0.2) is 49.0 Å². The van der Waals surface area contributed by atoms with E-state index >= 15 is 0 Å². The zero-order valence-corrected chi connectivity index (χ0v) is 24.0. The van der Waals surface area contributed by atoms with E-state index in [0.717, 1.165) is 67.3 Å². The van der Waals surface area contributed by atoms with E-state index in [2.05, 4.69) is 48.4 Å². The molecule has 7 heteroatoms. The number of anilines is 1. The number of aryl methyl sites for hydroxylation is 1. The maximum atomic E-state index is 12.4. The van der Waals surface area contributed by atoms with E-state index in [1.165, 1.54) is 37.7 Å². The van der Waals surface area contributed by atoms with Crippen LogP contribution in [0.2, 0.25) is 0 Å². The first-order valence-corrected chi connectivity index (χ1v) is 15.0. The minimum Gasteiger partial charge on any atom is -0.494 e. The molecule has 2 aliphatic heterocycles. The molecule has 216 valence electrons. The third-order valence-corrected chi connectivity index (χ3v) is 7.82. The Bertz CT molecular complexity index is 1150. The standard InChI is InChI=1S/C33H45N3O4/c1-3-26-13-11-14-27(23-26)40-21-10-8-6-4-5-7-9-20-39-22-19-34-30-16-12-15-28-25(2)36(24-29(28)30)31-17-18-32(37)35-33(31)38/h11-16,23,31,34H,2-10,17-22,24H2,1H3,(H,35,37,38). The average Bonchev–Trinajstić information content (AvgIpc) is 3.30. The van der Waals surface area contributed by atoms with Crippen LogP contribution in [0.3, 0.4) is 0 Å². The van der Waals surface area contributed by atoms with Crippen LogP contribution in [0.5, 0.6) is 5.75 Å². The van der Waals surface area contributed by atoms with Crippen molar-refractivity contribution in [2.45, 2.75) is 83.7 Å². The molecule has 40 heavy (non-hydrogen) atoms. The summed E-state index contributed by atoms with van der Waals surface area (Å²) in [6.45, 7) is 9.99. The van der Waals surface area contributed by atoms with Gasteiger partial charge in [0.2, 0.25) is 11.8 Å². The van der Waals surface area contributed by atoms with Crippen LogP contribution in [0, 0.1) is 0 Å². The van der Waals surface area contributed by atoms with Crippen LogP contribution in [-0.2, 0) is 27.3 Å². The van der Waals surface area contributed by atoms with Gasteiger partial charge in [0.15, 0.2) is 0 Å². The predicted octanol–water partition coefficient (Wildman–Crippen LogP) is 6.08. The number of ether oxygens (including phenoxy) is 2. The minimum atomic E-state index is -0.350. The number of rotatable bonds is 17. The Balaban J connectivity index is 1.02. The van der Waals surface area contributed by atoms with Crippen LogP contribution in [0.1, 0.15) is 81.4 Å². The summed E-state index contributed by atoms with van der Waals surface area (Å²) in [5.74, 6) is 0.563. The van der Waals surface area contributed by atoms with Gasteiger partial charge < -0.3 is 19.7 Å². The highest BCUT2D eigenvalue weighted by atomic mass is 16.5. The molecule has 1 unspecified atom stereocenters. The molecule has 2 aromatic rings. The number of nitrogens with zero attached hydrogens (tertiary/aromatic N) is 1.